The molecule has 0 saturated carbocycles. The Morgan fingerprint density at radius 2 is 2.31 bits per heavy atom. The zero-order valence-electron chi connectivity index (χ0n) is 8.98. The highest BCUT2D eigenvalue weighted by atomic mass is 79.9. The number of halogens is 1. The van der Waals surface area contributed by atoms with Gasteiger partial charge in [-0.3, -0.25) is 4.98 Å². The molecule has 2 N–H and O–H groups in total. The average molecular weight is 297 g/mol. The minimum atomic E-state index is 0.0398. The van der Waals surface area contributed by atoms with E-state index in [4.69, 9.17) is 5.73 Å². The molecule has 1 aromatic carbocycles. The van der Waals surface area contributed by atoms with Crippen molar-refractivity contribution in [1.82, 2.24) is 4.98 Å². The first-order valence-electron chi connectivity index (χ1n) is 5.06. The van der Waals surface area contributed by atoms with Crippen molar-refractivity contribution in [3.8, 4) is 0 Å². The van der Waals surface area contributed by atoms with Crippen molar-refractivity contribution in [3.63, 3.8) is 0 Å². The Morgan fingerprint density at radius 3 is 3.00 bits per heavy atom. The van der Waals surface area contributed by atoms with Crippen LogP contribution >= 0.6 is 27.3 Å². The third-order valence-electron chi connectivity index (χ3n) is 2.55. The first-order chi connectivity index (χ1) is 7.66. The van der Waals surface area contributed by atoms with Crippen LogP contribution in [0.15, 0.2) is 34.4 Å². The van der Waals surface area contributed by atoms with E-state index in [2.05, 4.69) is 40.0 Å². The average Bonchev–Trinajstić information content (AvgIpc) is 2.74. The molecular weight excluding hydrogens is 284 g/mol. The van der Waals surface area contributed by atoms with Crippen molar-refractivity contribution in [3.05, 3.63) is 50.4 Å². The Morgan fingerprint density at radius 1 is 1.50 bits per heavy atom. The topological polar surface area (TPSA) is 38.9 Å². The summed E-state index contributed by atoms with van der Waals surface area (Å²) in [5.74, 6) is 0. The maximum absolute atomic E-state index is 6.21. The van der Waals surface area contributed by atoms with E-state index in [0.29, 0.717) is 0 Å². The van der Waals surface area contributed by atoms with Crippen LogP contribution in [0, 0.1) is 6.92 Å². The lowest BCUT2D eigenvalue weighted by Crippen LogP contribution is -2.14. The Bertz CT molecular complexity index is 468. The zero-order chi connectivity index (χ0) is 11.5. The van der Waals surface area contributed by atoms with Crippen LogP contribution < -0.4 is 5.73 Å². The highest BCUT2D eigenvalue weighted by Crippen LogP contribution is 2.24. The number of rotatable bonds is 3. The van der Waals surface area contributed by atoms with Gasteiger partial charge in [0.2, 0.25) is 0 Å². The standard InChI is InChI=1S/C12H13BrN2S/c1-8-2-3-9(13)4-11(8)12(14)5-10-6-15-7-16-10/h2-4,6-7,12H,5,14H2,1H3. The van der Waals surface area contributed by atoms with Gasteiger partial charge in [-0.25, -0.2) is 0 Å². The lowest BCUT2D eigenvalue weighted by molar-refractivity contribution is 0.723. The summed E-state index contributed by atoms with van der Waals surface area (Å²) in [4.78, 5) is 5.29. The molecule has 0 amide bonds. The molecule has 0 fully saturated rings. The maximum atomic E-state index is 6.21. The van der Waals surface area contributed by atoms with Gasteiger partial charge in [0.15, 0.2) is 0 Å². The molecule has 4 heteroatoms. The van der Waals surface area contributed by atoms with Gasteiger partial charge in [-0.2, -0.15) is 0 Å². The Labute approximate surface area is 108 Å². The Kier molecular flexibility index (Phi) is 3.74. The fraction of sp³-hybridized carbons (Fsp3) is 0.250. The summed E-state index contributed by atoms with van der Waals surface area (Å²) in [6.07, 6.45) is 2.74. The van der Waals surface area contributed by atoms with Crippen molar-refractivity contribution in [2.24, 2.45) is 5.73 Å². The van der Waals surface area contributed by atoms with Gasteiger partial charge in [0.1, 0.15) is 0 Å². The molecule has 2 nitrogen and oxygen atoms in total. The molecule has 0 radical (unpaired) electrons. The molecule has 0 aliphatic carbocycles. The third kappa shape index (κ3) is 2.70. The zero-order valence-corrected chi connectivity index (χ0v) is 11.4. The predicted molar refractivity (Wildman–Crippen MR) is 71.6 cm³/mol. The summed E-state index contributed by atoms with van der Waals surface area (Å²) in [5, 5.41) is 0. The van der Waals surface area contributed by atoms with E-state index in [-0.39, 0.29) is 6.04 Å². The molecule has 1 heterocycles. The van der Waals surface area contributed by atoms with E-state index in [9.17, 15) is 0 Å². The monoisotopic (exact) mass is 296 g/mol. The Balaban J connectivity index is 2.20. The van der Waals surface area contributed by atoms with E-state index in [1.807, 2.05) is 17.8 Å². The summed E-state index contributed by atoms with van der Waals surface area (Å²) in [6, 6.07) is 6.27. The second-order valence-corrected chi connectivity index (χ2v) is 5.67. The SMILES string of the molecule is Cc1ccc(Br)cc1C(N)Cc1cncs1. The van der Waals surface area contributed by atoms with Crippen molar-refractivity contribution < 1.29 is 0 Å². The molecule has 1 unspecified atom stereocenters. The molecule has 0 aliphatic rings. The van der Waals surface area contributed by atoms with Gasteiger partial charge in [0.25, 0.3) is 0 Å². The van der Waals surface area contributed by atoms with E-state index in [0.717, 1.165) is 10.9 Å². The summed E-state index contributed by atoms with van der Waals surface area (Å²) in [6.45, 7) is 2.09. The second-order valence-electron chi connectivity index (χ2n) is 3.78. The normalized spacial score (nSPS) is 12.7. The minimum Gasteiger partial charge on any atom is -0.324 e. The number of nitrogens with two attached hydrogens (primary N) is 1. The molecule has 0 spiro atoms. The molecular formula is C12H13BrN2S. The molecule has 2 aromatic rings. The second kappa shape index (κ2) is 5.08. The van der Waals surface area contributed by atoms with Crippen molar-refractivity contribution >= 4 is 27.3 Å². The predicted octanol–water partition coefficient (Wildman–Crippen LogP) is 3.46. The number of thiazole rings is 1. The van der Waals surface area contributed by atoms with Crippen LogP contribution in [0.25, 0.3) is 0 Å². The molecule has 2 rings (SSSR count). The van der Waals surface area contributed by atoms with Crippen LogP contribution in [0.2, 0.25) is 0 Å². The van der Waals surface area contributed by atoms with Gasteiger partial charge in [-0.05, 0) is 30.2 Å². The fourth-order valence-electron chi connectivity index (χ4n) is 1.68. The van der Waals surface area contributed by atoms with Crippen LogP contribution in [0.4, 0.5) is 0 Å². The summed E-state index contributed by atoms with van der Waals surface area (Å²) < 4.78 is 1.08. The fourth-order valence-corrected chi connectivity index (χ4v) is 2.71. The molecule has 0 aliphatic heterocycles. The van der Waals surface area contributed by atoms with E-state index in [1.54, 1.807) is 11.3 Å². The van der Waals surface area contributed by atoms with Gasteiger partial charge in [0, 0.05) is 28.0 Å². The minimum absolute atomic E-state index is 0.0398. The number of benzene rings is 1. The van der Waals surface area contributed by atoms with Gasteiger partial charge >= 0.3 is 0 Å². The van der Waals surface area contributed by atoms with E-state index >= 15 is 0 Å². The summed E-state index contributed by atoms with van der Waals surface area (Å²) in [5.41, 5.74) is 10.5. The van der Waals surface area contributed by atoms with E-state index in [1.165, 1.54) is 16.0 Å². The smallest absolute Gasteiger partial charge is 0.0794 e. The Hall–Kier alpha value is -0.710. The molecule has 1 atom stereocenters. The number of nitrogens with zero attached hydrogens (tertiary/aromatic N) is 1. The van der Waals surface area contributed by atoms with Crippen molar-refractivity contribution in [2.45, 2.75) is 19.4 Å². The molecule has 16 heavy (non-hydrogen) atoms. The summed E-state index contributed by atoms with van der Waals surface area (Å²) >= 11 is 5.13. The number of hydrogen-bond acceptors (Lipinski definition) is 3. The maximum Gasteiger partial charge on any atom is 0.0794 e. The first kappa shape index (κ1) is 11.8. The van der Waals surface area contributed by atoms with Crippen molar-refractivity contribution in [2.75, 3.05) is 0 Å². The molecule has 0 bridgehead atoms. The molecule has 1 aromatic heterocycles. The van der Waals surface area contributed by atoms with Gasteiger partial charge < -0.3 is 5.73 Å². The largest absolute Gasteiger partial charge is 0.324 e. The van der Waals surface area contributed by atoms with Gasteiger partial charge in [-0.15, -0.1) is 11.3 Å². The quantitative estimate of drug-likeness (QED) is 0.942. The number of aryl methyl sites for hydroxylation is 1. The lowest BCUT2D eigenvalue weighted by atomic mass is 9.99. The summed E-state index contributed by atoms with van der Waals surface area (Å²) in [7, 11) is 0. The molecule has 84 valence electrons. The van der Waals surface area contributed by atoms with Crippen LogP contribution in [0.1, 0.15) is 22.0 Å². The van der Waals surface area contributed by atoms with Crippen LogP contribution in [0.5, 0.6) is 0 Å². The lowest BCUT2D eigenvalue weighted by Gasteiger charge is -2.14. The third-order valence-corrected chi connectivity index (χ3v) is 3.84. The van der Waals surface area contributed by atoms with Crippen molar-refractivity contribution in [1.29, 1.82) is 0 Å². The van der Waals surface area contributed by atoms with Crippen LogP contribution in [-0.4, -0.2) is 4.98 Å². The number of aromatic nitrogens is 1. The molecule has 0 saturated heterocycles. The number of hydrogen-bond donors (Lipinski definition) is 1. The highest BCUT2D eigenvalue weighted by molar-refractivity contribution is 9.10. The first-order valence-corrected chi connectivity index (χ1v) is 6.73. The van der Waals surface area contributed by atoms with E-state index < -0.39 is 0 Å². The van der Waals surface area contributed by atoms with Crippen LogP contribution in [0.3, 0.4) is 0 Å². The van der Waals surface area contributed by atoms with Gasteiger partial charge in [0.05, 0.1) is 5.51 Å². The highest BCUT2D eigenvalue weighted by Gasteiger charge is 2.11. The van der Waals surface area contributed by atoms with Gasteiger partial charge in [-0.1, -0.05) is 22.0 Å². The van der Waals surface area contributed by atoms with Crippen LogP contribution in [-0.2, 0) is 6.42 Å².